The summed E-state index contributed by atoms with van der Waals surface area (Å²) in [6, 6.07) is 18.1. The van der Waals surface area contributed by atoms with E-state index in [1.54, 1.807) is 62.4 Å². The molecule has 0 saturated carbocycles. The molecule has 0 radical (unpaired) electrons. The number of likely N-dealkylation sites (tertiary alicyclic amines) is 1. The first kappa shape index (κ1) is 40.3. The summed E-state index contributed by atoms with van der Waals surface area (Å²) < 4.78 is 54.3. The standard InChI is InChI=1S/C41H46F2N8O8/c1-41(2,3)59-40(55)49-20-30(34(52)31(21-49)50-18-28(44-46-50)24-12-8-14-26(42)16-24)48(4)38(54)37-35(53)33(51-19-29(45-47-51)25-13-9-15-27(43)17-25)36-32(57-37)22-56-39(58-36)23-10-6-5-7-11-23/h5-19,30-37,39,44,46,52-53H,20-22H2,1-4H3/t30-,31+,32-,33-,34+,35-,36+,37-,39?/m1/s1. The number of aliphatic hydroxyl groups excluding tert-OH is 2. The summed E-state index contributed by atoms with van der Waals surface area (Å²) >= 11 is 0. The number of halogens is 2. The Balaban J connectivity index is 1.09. The fourth-order valence-electron chi connectivity index (χ4n) is 7.86. The number of ether oxygens (including phenoxy) is 4. The number of rotatable bonds is 7. The van der Waals surface area contributed by atoms with Gasteiger partial charge in [-0.05, 0) is 45.0 Å². The summed E-state index contributed by atoms with van der Waals surface area (Å²) in [6.45, 7) is 5.05. The zero-order valence-electron chi connectivity index (χ0n) is 32.8. The van der Waals surface area contributed by atoms with Crippen molar-refractivity contribution in [2.75, 3.05) is 26.7 Å². The molecule has 3 aromatic carbocycles. The van der Waals surface area contributed by atoms with Gasteiger partial charge in [0.05, 0.1) is 36.7 Å². The number of likely N-dealkylation sites (N-methyl/N-ethyl adjacent to an activating group) is 1. The second-order valence-electron chi connectivity index (χ2n) is 16.0. The van der Waals surface area contributed by atoms with E-state index in [9.17, 15) is 28.6 Å². The first-order valence-electron chi connectivity index (χ1n) is 19.3. The third kappa shape index (κ3) is 8.37. The first-order valence-corrected chi connectivity index (χ1v) is 19.3. The molecule has 0 spiro atoms. The predicted molar refractivity (Wildman–Crippen MR) is 206 cm³/mol. The first-order chi connectivity index (χ1) is 28.2. The number of aliphatic hydroxyl groups is 2. The number of fused-ring (bicyclic) bond motifs is 1. The topological polar surface area (TPSA) is 176 Å². The normalized spacial score (nSPS) is 28.3. The van der Waals surface area contributed by atoms with Crippen LogP contribution in [0.5, 0.6) is 0 Å². The van der Waals surface area contributed by atoms with Crippen LogP contribution in [0.25, 0.3) is 17.0 Å². The third-order valence-electron chi connectivity index (χ3n) is 10.8. The smallest absolute Gasteiger partial charge is 0.410 e. The minimum atomic E-state index is -1.58. The number of carbonyl (C=O) groups is 2. The van der Waals surface area contributed by atoms with Crippen molar-refractivity contribution in [2.24, 2.45) is 0 Å². The second kappa shape index (κ2) is 16.3. The van der Waals surface area contributed by atoms with Gasteiger partial charge >= 0.3 is 6.09 Å². The molecule has 5 heterocycles. The molecular weight excluding hydrogens is 770 g/mol. The fourth-order valence-corrected chi connectivity index (χ4v) is 7.86. The van der Waals surface area contributed by atoms with E-state index < -0.39 is 84.2 Å². The Morgan fingerprint density at radius 1 is 0.932 bits per heavy atom. The molecule has 9 atom stereocenters. The van der Waals surface area contributed by atoms with Gasteiger partial charge in [-0.25, -0.2) is 18.3 Å². The van der Waals surface area contributed by atoms with Crippen LogP contribution in [0.4, 0.5) is 13.6 Å². The molecule has 1 aromatic heterocycles. The summed E-state index contributed by atoms with van der Waals surface area (Å²) in [5, 5.41) is 34.3. The lowest BCUT2D eigenvalue weighted by atomic mass is 9.90. The van der Waals surface area contributed by atoms with Crippen molar-refractivity contribution in [2.45, 2.75) is 81.3 Å². The van der Waals surface area contributed by atoms with Crippen LogP contribution in [0.3, 0.4) is 0 Å². The van der Waals surface area contributed by atoms with Gasteiger partial charge in [0.15, 0.2) is 12.4 Å². The third-order valence-corrected chi connectivity index (χ3v) is 10.8. The van der Waals surface area contributed by atoms with E-state index in [2.05, 4.69) is 21.3 Å². The molecule has 16 nitrogen and oxygen atoms in total. The van der Waals surface area contributed by atoms with E-state index in [0.717, 1.165) is 5.56 Å². The molecule has 4 aliphatic heterocycles. The van der Waals surface area contributed by atoms with Crippen LogP contribution < -0.4 is 11.0 Å². The van der Waals surface area contributed by atoms with E-state index in [-0.39, 0.29) is 19.7 Å². The Morgan fingerprint density at radius 3 is 2.36 bits per heavy atom. The van der Waals surface area contributed by atoms with Gasteiger partial charge in [0.25, 0.3) is 5.91 Å². The Hall–Kier alpha value is -5.50. The number of carbonyl (C=O) groups excluding carboxylic acids is 2. The average molecular weight is 817 g/mol. The van der Waals surface area contributed by atoms with E-state index in [1.165, 1.54) is 45.8 Å². The highest BCUT2D eigenvalue weighted by Crippen LogP contribution is 2.40. The number of hydrogen-bond acceptors (Lipinski definition) is 13. The molecule has 3 fully saturated rings. The van der Waals surface area contributed by atoms with Crippen molar-refractivity contribution in [3.63, 3.8) is 0 Å². The number of nitrogens with zero attached hydrogens (tertiary/aromatic N) is 6. The largest absolute Gasteiger partial charge is 0.444 e. The molecule has 8 rings (SSSR count). The molecule has 59 heavy (non-hydrogen) atoms. The maximum Gasteiger partial charge on any atom is 0.410 e. The summed E-state index contributed by atoms with van der Waals surface area (Å²) in [6.07, 6.45) is -4.45. The highest BCUT2D eigenvalue weighted by molar-refractivity contribution is 5.82. The van der Waals surface area contributed by atoms with Crippen LogP contribution in [0.1, 0.15) is 44.2 Å². The van der Waals surface area contributed by atoms with Gasteiger partial charge in [-0.15, -0.1) is 10.6 Å². The van der Waals surface area contributed by atoms with Crippen LogP contribution in [-0.2, 0) is 23.7 Å². The van der Waals surface area contributed by atoms with Gasteiger partial charge in [-0.2, -0.15) is 0 Å². The number of amides is 2. The molecule has 2 amide bonds. The van der Waals surface area contributed by atoms with Gasteiger partial charge in [-0.1, -0.05) is 59.8 Å². The lowest BCUT2D eigenvalue weighted by Gasteiger charge is -2.50. The van der Waals surface area contributed by atoms with Crippen LogP contribution in [0.2, 0.25) is 0 Å². The Bertz CT molecular complexity index is 2190. The molecule has 0 bridgehead atoms. The Labute approximate surface area is 338 Å². The summed E-state index contributed by atoms with van der Waals surface area (Å²) in [5.74, 6) is -1.60. The number of benzene rings is 3. The van der Waals surface area contributed by atoms with Crippen molar-refractivity contribution in [1.82, 2.24) is 40.8 Å². The van der Waals surface area contributed by atoms with Crippen molar-refractivity contribution < 1.29 is 47.5 Å². The molecule has 4 N–H and O–H groups in total. The van der Waals surface area contributed by atoms with Crippen molar-refractivity contribution in [3.05, 3.63) is 114 Å². The van der Waals surface area contributed by atoms with Gasteiger partial charge in [-0.3, -0.25) is 9.80 Å². The van der Waals surface area contributed by atoms with Gasteiger partial charge in [0.1, 0.15) is 47.3 Å². The van der Waals surface area contributed by atoms with Crippen LogP contribution in [-0.4, -0.2) is 127 Å². The quantitative estimate of drug-likeness (QED) is 0.214. The number of hydrogen-bond donors (Lipinski definition) is 4. The molecule has 4 aromatic rings. The summed E-state index contributed by atoms with van der Waals surface area (Å²) in [5.41, 5.74) is 7.66. The molecule has 312 valence electrons. The maximum atomic E-state index is 14.7. The molecule has 3 saturated heterocycles. The van der Waals surface area contributed by atoms with Crippen LogP contribution in [0.15, 0.2) is 91.3 Å². The Morgan fingerprint density at radius 2 is 1.64 bits per heavy atom. The van der Waals surface area contributed by atoms with Gasteiger partial charge < -0.3 is 44.4 Å². The lowest BCUT2D eigenvalue weighted by molar-refractivity contribution is -0.313. The number of hydrazine groups is 2. The predicted octanol–water partition coefficient (Wildman–Crippen LogP) is 3.14. The lowest BCUT2D eigenvalue weighted by Crippen LogP contribution is -2.69. The second-order valence-corrected chi connectivity index (χ2v) is 16.0. The van der Waals surface area contributed by atoms with Gasteiger partial charge in [0, 0.05) is 43.0 Å². The highest BCUT2D eigenvalue weighted by Gasteiger charge is 2.55. The Kier molecular flexibility index (Phi) is 11.1. The minimum Gasteiger partial charge on any atom is -0.444 e. The summed E-state index contributed by atoms with van der Waals surface area (Å²) in [7, 11) is 1.46. The summed E-state index contributed by atoms with van der Waals surface area (Å²) in [4.78, 5) is 30.9. The van der Waals surface area contributed by atoms with Crippen molar-refractivity contribution in [1.29, 1.82) is 0 Å². The van der Waals surface area contributed by atoms with Gasteiger partial charge in [0.2, 0.25) is 0 Å². The van der Waals surface area contributed by atoms with E-state index in [4.69, 9.17) is 18.9 Å². The molecule has 1 unspecified atom stereocenters. The molecular formula is C41H46F2N8O8. The zero-order valence-corrected chi connectivity index (χ0v) is 32.8. The van der Waals surface area contributed by atoms with Crippen LogP contribution in [0, 0.1) is 11.6 Å². The van der Waals surface area contributed by atoms with Crippen molar-refractivity contribution in [3.8, 4) is 11.3 Å². The SMILES string of the molecule is CN(C(=O)[C@@H]1O[C@@H]2COC(c3ccccc3)O[C@@H]2[C@H](n2cc(-c3cccc(F)c3)nn2)[C@H]1O)[C@@H]1CN(C(=O)OC(C)(C)C)C[C@H](N2C=C(c3cccc(F)c3)NN2)[C@H]1O. The van der Waals surface area contributed by atoms with Crippen LogP contribution >= 0.6 is 0 Å². The molecule has 0 aliphatic carbocycles. The minimum absolute atomic E-state index is 0.0121. The number of aromatic nitrogens is 3. The fraction of sp³-hybridized carbons (Fsp3) is 0.415. The van der Waals surface area contributed by atoms with E-state index in [1.807, 2.05) is 30.3 Å². The average Bonchev–Trinajstić information content (AvgIpc) is 3.91. The monoisotopic (exact) mass is 816 g/mol. The van der Waals surface area contributed by atoms with Crippen molar-refractivity contribution >= 4 is 17.7 Å². The molecule has 18 heteroatoms. The number of nitrogens with one attached hydrogen (secondary N) is 2. The van der Waals surface area contributed by atoms with E-state index >= 15 is 0 Å². The maximum absolute atomic E-state index is 14.7. The molecule has 4 aliphatic rings. The van der Waals surface area contributed by atoms with E-state index in [0.29, 0.717) is 22.5 Å². The highest BCUT2D eigenvalue weighted by atomic mass is 19.1. The number of piperidine rings is 1. The zero-order chi connectivity index (χ0) is 41.6.